The van der Waals surface area contributed by atoms with E-state index in [4.69, 9.17) is 13.9 Å². The molecular formula is C15H21NO3. The van der Waals surface area contributed by atoms with Crippen molar-refractivity contribution >= 4 is 11.0 Å². The van der Waals surface area contributed by atoms with E-state index in [-0.39, 0.29) is 0 Å². The molecule has 0 aliphatic heterocycles. The molecule has 0 fully saturated rings. The van der Waals surface area contributed by atoms with Gasteiger partial charge < -0.3 is 19.2 Å². The summed E-state index contributed by atoms with van der Waals surface area (Å²) < 4.78 is 16.4. The highest BCUT2D eigenvalue weighted by molar-refractivity contribution is 5.83. The van der Waals surface area contributed by atoms with E-state index < -0.39 is 0 Å². The maximum absolute atomic E-state index is 5.80. The topological polar surface area (TPSA) is 43.6 Å². The zero-order valence-corrected chi connectivity index (χ0v) is 11.6. The molecule has 0 saturated carbocycles. The minimum Gasteiger partial charge on any atom is -0.493 e. The molecule has 0 aliphatic carbocycles. The Labute approximate surface area is 113 Å². The van der Waals surface area contributed by atoms with Gasteiger partial charge in [-0.15, -0.1) is 0 Å². The third-order valence-corrected chi connectivity index (χ3v) is 2.92. The fraction of sp³-hybridized carbons (Fsp3) is 0.467. The van der Waals surface area contributed by atoms with Crippen molar-refractivity contribution in [2.24, 2.45) is 0 Å². The molecule has 0 bridgehead atoms. The van der Waals surface area contributed by atoms with Crippen molar-refractivity contribution in [2.75, 3.05) is 26.9 Å². The van der Waals surface area contributed by atoms with Crippen LogP contribution in [0.1, 0.15) is 19.1 Å². The minimum absolute atomic E-state index is 0.726. The zero-order chi connectivity index (χ0) is 13.5. The lowest BCUT2D eigenvalue weighted by Gasteiger charge is -2.02. The van der Waals surface area contributed by atoms with Gasteiger partial charge in [-0.25, -0.2) is 0 Å². The first-order chi connectivity index (χ1) is 9.35. The van der Waals surface area contributed by atoms with Gasteiger partial charge in [0.2, 0.25) is 0 Å². The number of para-hydroxylation sites is 1. The Morgan fingerprint density at radius 1 is 1.32 bits per heavy atom. The van der Waals surface area contributed by atoms with Gasteiger partial charge in [0, 0.05) is 18.6 Å². The Kier molecular flexibility index (Phi) is 5.24. The molecule has 1 aromatic heterocycles. The van der Waals surface area contributed by atoms with Crippen molar-refractivity contribution in [1.29, 1.82) is 0 Å². The van der Waals surface area contributed by atoms with Crippen LogP contribution in [0.5, 0.6) is 5.75 Å². The van der Waals surface area contributed by atoms with Gasteiger partial charge in [-0.3, -0.25) is 0 Å². The Morgan fingerprint density at radius 3 is 3.00 bits per heavy atom. The Morgan fingerprint density at radius 2 is 2.21 bits per heavy atom. The van der Waals surface area contributed by atoms with Gasteiger partial charge in [-0.05, 0) is 32.0 Å². The van der Waals surface area contributed by atoms with E-state index in [1.807, 2.05) is 31.2 Å². The molecule has 4 heteroatoms. The van der Waals surface area contributed by atoms with Gasteiger partial charge in [0.15, 0.2) is 11.3 Å². The van der Waals surface area contributed by atoms with Crippen LogP contribution in [0.15, 0.2) is 28.7 Å². The van der Waals surface area contributed by atoms with Gasteiger partial charge >= 0.3 is 0 Å². The van der Waals surface area contributed by atoms with E-state index in [0.717, 1.165) is 55.2 Å². The molecule has 0 amide bonds. The summed E-state index contributed by atoms with van der Waals surface area (Å²) in [7, 11) is 1.66. The number of benzene rings is 1. The highest BCUT2D eigenvalue weighted by atomic mass is 16.5. The highest BCUT2D eigenvalue weighted by Crippen LogP contribution is 2.28. The van der Waals surface area contributed by atoms with E-state index in [0.29, 0.717) is 0 Å². The van der Waals surface area contributed by atoms with Crippen LogP contribution in [0.2, 0.25) is 0 Å². The van der Waals surface area contributed by atoms with Crippen LogP contribution in [-0.2, 0) is 11.3 Å². The second-order valence-corrected chi connectivity index (χ2v) is 4.32. The molecule has 4 nitrogen and oxygen atoms in total. The first-order valence-corrected chi connectivity index (χ1v) is 6.69. The summed E-state index contributed by atoms with van der Waals surface area (Å²) in [5.41, 5.74) is 0.816. The van der Waals surface area contributed by atoms with E-state index in [2.05, 4.69) is 5.32 Å². The molecule has 0 radical (unpaired) electrons. The number of hydrogen-bond acceptors (Lipinski definition) is 4. The van der Waals surface area contributed by atoms with E-state index in [9.17, 15) is 0 Å². The maximum atomic E-state index is 5.80. The molecular weight excluding hydrogens is 242 g/mol. The number of nitrogens with one attached hydrogen (secondary N) is 1. The van der Waals surface area contributed by atoms with Crippen LogP contribution in [0.25, 0.3) is 11.0 Å². The van der Waals surface area contributed by atoms with Crippen LogP contribution < -0.4 is 10.1 Å². The van der Waals surface area contributed by atoms with Crippen LogP contribution >= 0.6 is 0 Å². The van der Waals surface area contributed by atoms with Gasteiger partial charge in [0.25, 0.3) is 0 Å². The van der Waals surface area contributed by atoms with Crippen LogP contribution in [-0.4, -0.2) is 26.9 Å². The predicted octanol–water partition coefficient (Wildman–Crippen LogP) is 2.96. The molecule has 2 aromatic rings. The summed E-state index contributed by atoms with van der Waals surface area (Å²) in [6.45, 7) is 5.24. The second-order valence-electron chi connectivity index (χ2n) is 4.32. The Hall–Kier alpha value is -1.52. The quantitative estimate of drug-likeness (QED) is 0.744. The molecule has 19 heavy (non-hydrogen) atoms. The molecule has 0 aliphatic rings. The van der Waals surface area contributed by atoms with Crippen LogP contribution in [0.4, 0.5) is 0 Å². The average Bonchev–Trinajstić information content (AvgIpc) is 2.85. The number of furan rings is 1. The van der Waals surface area contributed by atoms with Crippen molar-refractivity contribution in [3.05, 3.63) is 30.0 Å². The fourth-order valence-corrected chi connectivity index (χ4v) is 1.99. The van der Waals surface area contributed by atoms with E-state index >= 15 is 0 Å². The molecule has 1 aromatic carbocycles. The lowest BCUT2D eigenvalue weighted by atomic mass is 10.2. The number of hydrogen-bond donors (Lipinski definition) is 1. The lowest BCUT2D eigenvalue weighted by Crippen LogP contribution is -2.15. The van der Waals surface area contributed by atoms with Crippen LogP contribution in [0.3, 0.4) is 0 Å². The largest absolute Gasteiger partial charge is 0.493 e. The first-order valence-electron chi connectivity index (χ1n) is 6.69. The summed E-state index contributed by atoms with van der Waals surface area (Å²) >= 11 is 0. The van der Waals surface area contributed by atoms with Crippen molar-refractivity contribution in [1.82, 2.24) is 5.32 Å². The third kappa shape index (κ3) is 3.72. The third-order valence-electron chi connectivity index (χ3n) is 2.92. The lowest BCUT2D eigenvalue weighted by molar-refractivity contribution is 0.144. The molecule has 0 atom stereocenters. The SMILES string of the molecule is CCOCCCNCc1cc2cccc(OC)c2o1. The second kappa shape index (κ2) is 7.16. The van der Waals surface area contributed by atoms with Gasteiger partial charge in [-0.1, -0.05) is 12.1 Å². The molecule has 2 rings (SSSR count). The van der Waals surface area contributed by atoms with Gasteiger partial charge in [0.05, 0.1) is 13.7 Å². The van der Waals surface area contributed by atoms with Crippen molar-refractivity contribution in [3.63, 3.8) is 0 Å². The normalized spacial score (nSPS) is 11.1. The summed E-state index contributed by atoms with van der Waals surface area (Å²) in [5, 5.41) is 4.42. The summed E-state index contributed by atoms with van der Waals surface area (Å²) in [4.78, 5) is 0. The van der Waals surface area contributed by atoms with E-state index in [1.54, 1.807) is 7.11 Å². The zero-order valence-electron chi connectivity index (χ0n) is 11.6. The summed E-state index contributed by atoms with van der Waals surface area (Å²) in [6.07, 6.45) is 1.01. The molecule has 0 saturated heterocycles. The highest BCUT2D eigenvalue weighted by Gasteiger charge is 2.07. The number of rotatable bonds is 8. The maximum Gasteiger partial charge on any atom is 0.176 e. The summed E-state index contributed by atoms with van der Waals surface area (Å²) in [5.74, 6) is 1.70. The van der Waals surface area contributed by atoms with Crippen molar-refractivity contribution in [3.8, 4) is 5.75 Å². The summed E-state index contributed by atoms with van der Waals surface area (Å²) in [6, 6.07) is 7.95. The monoisotopic (exact) mass is 263 g/mol. The van der Waals surface area contributed by atoms with Crippen LogP contribution in [0, 0.1) is 0 Å². The molecule has 1 N–H and O–H groups in total. The number of ether oxygens (including phenoxy) is 2. The molecule has 0 unspecified atom stereocenters. The molecule has 104 valence electrons. The number of fused-ring (bicyclic) bond motifs is 1. The fourth-order valence-electron chi connectivity index (χ4n) is 1.99. The minimum atomic E-state index is 0.726. The number of methoxy groups -OCH3 is 1. The molecule has 1 heterocycles. The molecule has 0 spiro atoms. The smallest absolute Gasteiger partial charge is 0.176 e. The Bertz CT molecular complexity index is 507. The van der Waals surface area contributed by atoms with Crippen molar-refractivity contribution < 1.29 is 13.9 Å². The van der Waals surface area contributed by atoms with Crippen molar-refractivity contribution in [2.45, 2.75) is 19.9 Å². The first kappa shape index (κ1) is 13.9. The predicted molar refractivity (Wildman–Crippen MR) is 75.6 cm³/mol. The van der Waals surface area contributed by atoms with Gasteiger partial charge in [0.1, 0.15) is 5.76 Å². The Balaban J connectivity index is 1.87. The van der Waals surface area contributed by atoms with E-state index in [1.165, 1.54) is 0 Å². The standard InChI is InChI=1S/C15H21NO3/c1-3-18-9-5-8-16-11-13-10-12-6-4-7-14(17-2)15(12)19-13/h4,6-7,10,16H,3,5,8-9,11H2,1-2H3. The van der Waals surface area contributed by atoms with Gasteiger partial charge in [-0.2, -0.15) is 0 Å². The average molecular weight is 263 g/mol.